The number of carbonyl (C=O) groups is 4. The summed E-state index contributed by atoms with van der Waals surface area (Å²) in [4.78, 5) is 52.3. The van der Waals surface area contributed by atoms with E-state index in [1.807, 2.05) is 0 Å². The molecule has 0 aromatic rings. The third kappa shape index (κ3) is 9.15. The van der Waals surface area contributed by atoms with Gasteiger partial charge >= 0.3 is 6.09 Å². The van der Waals surface area contributed by atoms with E-state index in [4.69, 9.17) is 15.1 Å². The van der Waals surface area contributed by atoms with Crippen LogP contribution in [0.25, 0.3) is 0 Å². The Morgan fingerprint density at radius 2 is 2.09 bits per heavy atom. The first-order valence-electron chi connectivity index (χ1n) is 12.2. The monoisotopic (exact) mass is 495 g/mol. The number of aliphatic hydroxyl groups is 1. The zero-order valence-corrected chi connectivity index (χ0v) is 20.2. The fourth-order valence-electron chi connectivity index (χ4n) is 4.30. The first-order valence-corrected chi connectivity index (χ1v) is 12.2. The molecule has 2 saturated heterocycles. The Labute approximate surface area is 206 Å². The molecule has 2 heterocycles. The first kappa shape index (κ1) is 28.6. The van der Waals surface area contributed by atoms with E-state index in [-0.39, 0.29) is 33.3 Å². The van der Waals surface area contributed by atoms with E-state index in [2.05, 4.69) is 22.5 Å². The lowest BCUT2D eigenvalue weighted by atomic mass is 9.75. The minimum atomic E-state index is -1.48. The van der Waals surface area contributed by atoms with Crippen molar-refractivity contribution in [3.8, 4) is 0 Å². The third-order valence-electron chi connectivity index (χ3n) is 6.16. The van der Waals surface area contributed by atoms with E-state index in [0.717, 1.165) is 0 Å². The van der Waals surface area contributed by atoms with Gasteiger partial charge < -0.3 is 41.1 Å². The van der Waals surface area contributed by atoms with E-state index in [1.165, 1.54) is 11.0 Å². The highest BCUT2D eigenvalue weighted by Crippen LogP contribution is 2.25. The van der Waals surface area contributed by atoms with Crippen LogP contribution in [0.1, 0.15) is 44.9 Å². The number of carbonyl (C=O) groups excluding carboxylic acids is 4. The van der Waals surface area contributed by atoms with Crippen molar-refractivity contribution in [1.29, 1.82) is 0 Å². The van der Waals surface area contributed by atoms with Crippen molar-refractivity contribution in [3.05, 3.63) is 12.7 Å². The number of ether oxygens (including phenoxy) is 1. The molecule has 4 amide bonds. The van der Waals surface area contributed by atoms with Gasteiger partial charge in [-0.3, -0.25) is 14.4 Å². The van der Waals surface area contributed by atoms with Crippen LogP contribution < -0.4 is 21.7 Å². The van der Waals surface area contributed by atoms with Crippen molar-refractivity contribution < 1.29 is 33.7 Å². The summed E-state index contributed by atoms with van der Waals surface area (Å²) in [6, 6.07) is -1.56. The van der Waals surface area contributed by atoms with Gasteiger partial charge in [0.1, 0.15) is 6.04 Å². The van der Waals surface area contributed by atoms with Gasteiger partial charge in [0.2, 0.25) is 11.8 Å². The summed E-state index contributed by atoms with van der Waals surface area (Å²) in [6.45, 7) is 4.59. The first-order chi connectivity index (χ1) is 16.9. The number of rotatable bonds is 7. The highest BCUT2D eigenvalue weighted by Gasteiger charge is 2.39. The van der Waals surface area contributed by atoms with Crippen molar-refractivity contribution >= 4 is 31.3 Å². The van der Waals surface area contributed by atoms with E-state index in [1.54, 1.807) is 0 Å². The van der Waals surface area contributed by atoms with Gasteiger partial charge in [0.05, 0.1) is 19.4 Å². The maximum atomic E-state index is 13.3. The number of nitrogens with zero attached hydrogens (tertiary/aromatic N) is 1. The number of alkyl carbamates (subject to hydrolysis) is 1. The lowest BCUT2D eigenvalue weighted by Crippen LogP contribution is -2.55. The van der Waals surface area contributed by atoms with E-state index in [9.17, 15) is 24.3 Å². The summed E-state index contributed by atoms with van der Waals surface area (Å²) < 4.78 is 10.5. The number of hydrogen-bond acceptors (Lipinski definition) is 8. The smallest absolute Gasteiger partial charge is 0.407 e. The van der Waals surface area contributed by atoms with Crippen molar-refractivity contribution in [1.82, 2.24) is 20.9 Å². The van der Waals surface area contributed by atoms with Crippen molar-refractivity contribution in [2.24, 2.45) is 5.73 Å². The number of nitrogens with two attached hydrogens (primary N) is 1. The largest absolute Gasteiger partial charge is 0.450 e. The molecule has 12 nitrogen and oxygen atoms in total. The van der Waals surface area contributed by atoms with Gasteiger partial charge in [0, 0.05) is 25.5 Å². The van der Waals surface area contributed by atoms with Gasteiger partial charge in [-0.15, -0.1) is 6.58 Å². The minimum Gasteiger partial charge on any atom is -0.450 e. The maximum absolute atomic E-state index is 13.3. The summed E-state index contributed by atoms with van der Waals surface area (Å²) in [6.07, 6.45) is 2.86. The second-order valence-corrected chi connectivity index (χ2v) is 8.72. The molecule has 13 heteroatoms. The van der Waals surface area contributed by atoms with Crippen molar-refractivity contribution in [2.45, 2.75) is 69.0 Å². The van der Waals surface area contributed by atoms with Gasteiger partial charge in [-0.1, -0.05) is 6.08 Å². The van der Waals surface area contributed by atoms with Crippen LogP contribution >= 0.6 is 0 Å². The average molecular weight is 495 g/mol. The molecule has 2 aliphatic heterocycles. The second kappa shape index (κ2) is 15.4. The lowest BCUT2D eigenvalue weighted by Gasteiger charge is -2.30. The maximum Gasteiger partial charge on any atom is 0.407 e. The molecule has 0 radical (unpaired) electrons. The summed E-state index contributed by atoms with van der Waals surface area (Å²) in [5, 5.41) is 18.6. The molecule has 1 unspecified atom stereocenters. The van der Waals surface area contributed by atoms with Crippen molar-refractivity contribution in [3.63, 3.8) is 0 Å². The normalized spacial score (nSPS) is 25.8. The Kier molecular flexibility index (Phi) is 12.6. The molecule has 2 fully saturated rings. The topological polar surface area (TPSA) is 172 Å². The third-order valence-corrected chi connectivity index (χ3v) is 6.16. The van der Waals surface area contributed by atoms with Gasteiger partial charge in [0.25, 0.3) is 13.4 Å². The summed E-state index contributed by atoms with van der Waals surface area (Å²) >= 11 is 0. The number of cyclic esters (lactones) is 1. The number of hydrogen-bond donors (Lipinski definition) is 5. The van der Waals surface area contributed by atoms with E-state index >= 15 is 0 Å². The van der Waals surface area contributed by atoms with Crippen molar-refractivity contribution in [2.75, 3.05) is 33.0 Å². The molecule has 2 aliphatic rings. The zero-order valence-electron chi connectivity index (χ0n) is 20.2. The van der Waals surface area contributed by atoms with Crippen LogP contribution in [0.4, 0.5) is 4.79 Å². The number of fused-ring (bicyclic) bond motifs is 1. The van der Waals surface area contributed by atoms with Crippen LogP contribution in [0.5, 0.6) is 0 Å². The van der Waals surface area contributed by atoms with Crippen LogP contribution in [-0.2, 0) is 23.8 Å². The summed E-state index contributed by atoms with van der Waals surface area (Å²) in [7, 11) is 0.0944. The predicted molar refractivity (Wildman–Crippen MR) is 129 cm³/mol. The molecular weight excluding hydrogens is 457 g/mol. The molecule has 196 valence electrons. The molecule has 4 atom stereocenters. The fraction of sp³-hybridized carbons (Fsp3) is 0.727. The summed E-state index contributed by atoms with van der Waals surface area (Å²) in [5.41, 5.74) is 5.44. The van der Waals surface area contributed by atoms with Gasteiger partial charge in [-0.2, -0.15) is 0 Å². The quantitative estimate of drug-likeness (QED) is 0.168. The van der Waals surface area contributed by atoms with E-state index in [0.29, 0.717) is 58.0 Å². The molecule has 0 spiro atoms. The van der Waals surface area contributed by atoms with Gasteiger partial charge in [-0.25, -0.2) is 4.79 Å². The second-order valence-electron chi connectivity index (χ2n) is 8.72. The lowest BCUT2D eigenvalue weighted by molar-refractivity contribution is -0.140. The molecule has 0 aromatic carbocycles. The SMILES string of the molecule is C=CCNC(=O)C(O)[C@@H]1CCCCNC(=O)OCCC[C@H](BOCN)C(=O)N2CCC[C@H]2C(=O)N1. The standard InChI is InChI=1S/C22H38BN5O7/c1-2-10-25-20(31)18(29)16-8-3-4-11-26-22(33)34-13-6-7-15(23-35-14-24)21(32)28-12-5-9-17(28)19(30)27-16/h2,15-18,23,29H,1,3-14,24H2,(H,25,31)(H,26,33)(H,27,30)/t15-,16-,17-,18?/m0/s1. The van der Waals surface area contributed by atoms with Gasteiger partial charge in [-0.05, 0) is 44.9 Å². The fourth-order valence-corrected chi connectivity index (χ4v) is 4.30. The predicted octanol–water partition coefficient (Wildman–Crippen LogP) is -1.11. The molecule has 35 heavy (non-hydrogen) atoms. The molecular formula is C22H38BN5O7. The zero-order chi connectivity index (χ0) is 25.6. The highest BCUT2D eigenvalue weighted by atomic mass is 16.5. The molecule has 0 aromatic heterocycles. The minimum absolute atomic E-state index is 0.0416. The Balaban J connectivity index is 2.20. The molecule has 0 saturated carbocycles. The Morgan fingerprint density at radius 1 is 1.29 bits per heavy atom. The van der Waals surface area contributed by atoms with Crippen LogP contribution in [0.15, 0.2) is 12.7 Å². The Hall–Kier alpha value is -2.64. The molecule has 0 aliphatic carbocycles. The molecule has 0 bridgehead atoms. The molecule has 2 rings (SSSR count). The number of amides is 4. The van der Waals surface area contributed by atoms with Crippen LogP contribution in [-0.4, -0.2) is 92.5 Å². The van der Waals surface area contributed by atoms with Gasteiger partial charge in [0.15, 0.2) is 6.10 Å². The molecule has 6 N–H and O–H groups in total. The number of aliphatic hydroxyl groups excluding tert-OH is 1. The average Bonchev–Trinajstić information content (AvgIpc) is 3.34. The van der Waals surface area contributed by atoms with Crippen LogP contribution in [0, 0.1) is 0 Å². The van der Waals surface area contributed by atoms with E-state index < -0.39 is 41.9 Å². The van der Waals surface area contributed by atoms with Crippen LogP contribution in [0.2, 0.25) is 5.82 Å². The van der Waals surface area contributed by atoms with Crippen LogP contribution in [0.3, 0.4) is 0 Å². The Bertz CT molecular complexity index is 741. The highest BCUT2D eigenvalue weighted by molar-refractivity contribution is 6.37. The Morgan fingerprint density at radius 3 is 2.83 bits per heavy atom. The summed E-state index contributed by atoms with van der Waals surface area (Å²) in [5.74, 6) is -1.80. The number of nitrogens with one attached hydrogen (secondary N) is 3.